The van der Waals surface area contributed by atoms with E-state index in [-0.39, 0.29) is 12.2 Å². The number of hydrogen-bond donors (Lipinski definition) is 0. The van der Waals surface area contributed by atoms with Crippen molar-refractivity contribution < 1.29 is 9.53 Å². The average Bonchev–Trinajstić information content (AvgIpc) is 2.75. The SMILES string of the molecule is COc1cc(C(=O)Cc2ccc(Cl)c(Cl)c2)nn1C. The summed E-state index contributed by atoms with van der Waals surface area (Å²) in [7, 11) is 3.25. The zero-order valence-corrected chi connectivity index (χ0v) is 12.0. The fraction of sp³-hybridized carbons (Fsp3) is 0.231. The number of Topliss-reactive ketones (excluding diaryl/α,β-unsaturated/α-hetero) is 1. The zero-order chi connectivity index (χ0) is 14.0. The van der Waals surface area contributed by atoms with E-state index < -0.39 is 0 Å². The van der Waals surface area contributed by atoms with Gasteiger partial charge in [0, 0.05) is 19.5 Å². The number of carbonyl (C=O) groups excluding carboxylic acids is 1. The van der Waals surface area contributed by atoms with Gasteiger partial charge in [-0.2, -0.15) is 5.10 Å². The Morgan fingerprint density at radius 1 is 1.32 bits per heavy atom. The van der Waals surface area contributed by atoms with Gasteiger partial charge in [-0.05, 0) is 17.7 Å². The van der Waals surface area contributed by atoms with Crippen molar-refractivity contribution in [3.05, 3.63) is 45.6 Å². The number of ketones is 1. The van der Waals surface area contributed by atoms with Crippen molar-refractivity contribution >= 4 is 29.0 Å². The van der Waals surface area contributed by atoms with E-state index in [1.165, 1.54) is 11.8 Å². The van der Waals surface area contributed by atoms with E-state index in [0.29, 0.717) is 21.6 Å². The van der Waals surface area contributed by atoms with Crippen molar-refractivity contribution in [1.82, 2.24) is 9.78 Å². The fourth-order valence-electron chi connectivity index (χ4n) is 1.70. The highest BCUT2D eigenvalue weighted by molar-refractivity contribution is 6.42. The van der Waals surface area contributed by atoms with Crippen molar-refractivity contribution in [2.24, 2.45) is 7.05 Å². The average molecular weight is 299 g/mol. The third-order valence-electron chi connectivity index (χ3n) is 2.68. The van der Waals surface area contributed by atoms with Gasteiger partial charge in [0.05, 0.1) is 17.2 Å². The molecule has 4 nitrogen and oxygen atoms in total. The highest BCUT2D eigenvalue weighted by Gasteiger charge is 2.14. The molecule has 19 heavy (non-hydrogen) atoms. The van der Waals surface area contributed by atoms with Crippen molar-refractivity contribution in [3.8, 4) is 5.88 Å². The maximum Gasteiger partial charge on any atom is 0.211 e. The maximum absolute atomic E-state index is 12.1. The van der Waals surface area contributed by atoms with Crippen molar-refractivity contribution in [2.45, 2.75) is 6.42 Å². The summed E-state index contributed by atoms with van der Waals surface area (Å²) in [5.74, 6) is 0.440. The summed E-state index contributed by atoms with van der Waals surface area (Å²) in [6, 6.07) is 6.74. The summed E-state index contributed by atoms with van der Waals surface area (Å²) >= 11 is 11.7. The molecule has 0 radical (unpaired) electrons. The lowest BCUT2D eigenvalue weighted by Crippen LogP contribution is -2.05. The van der Waals surface area contributed by atoms with Gasteiger partial charge in [-0.1, -0.05) is 29.3 Å². The van der Waals surface area contributed by atoms with Crippen LogP contribution in [0.3, 0.4) is 0 Å². The van der Waals surface area contributed by atoms with Gasteiger partial charge < -0.3 is 4.74 Å². The van der Waals surface area contributed by atoms with Crippen molar-refractivity contribution in [3.63, 3.8) is 0 Å². The second kappa shape index (κ2) is 5.63. The smallest absolute Gasteiger partial charge is 0.211 e. The molecular formula is C13H12Cl2N2O2. The van der Waals surface area contributed by atoms with Crippen LogP contribution >= 0.6 is 23.2 Å². The van der Waals surface area contributed by atoms with Gasteiger partial charge in [0.1, 0.15) is 5.69 Å². The molecule has 0 aliphatic carbocycles. The molecule has 0 unspecified atom stereocenters. The minimum absolute atomic E-state index is 0.0997. The van der Waals surface area contributed by atoms with E-state index in [4.69, 9.17) is 27.9 Å². The predicted octanol–water partition coefficient (Wildman–Crippen LogP) is 3.16. The molecule has 0 fully saturated rings. The lowest BCUT2D eigenvalue weighted by atomic mass is 10.1. The third kappa shape index (κ3) is 3.08. The van der Waals surface area contributed by atoms with Crippen LogP contribution in [0.1, 0.15) is 16.1 Å². The number of aryl methyl sites for hydroxylation is 1. The second-order valence-corrected chi connectivity index (χ2v) is 4.86. The number of benzene rings is 1. The standard InChI is InChI=1S/C13H12Cl2N2O2/c1-17-13(19-2)7-11(16-17)12(18)6-8-3-4-9(14)10(15)5-8/h3-5,7H,6H2,1-2H3. The van der Waals surface area contributed by atoms with E-state index in [2.05, 4.69) is 5.10 Å². The van der Waals surface area contributed by atoms with E-state index >= 15 is 0 Å². The molecule has 6 heteroatoms. The van der Waals surface area contributed by atoms with E-state index in [0.717, 1.165) is 5.56 Å². The van der Waals surface area contributed by atoms with Gasteiger partial charge in [0.2, 0.25) is 5.88 Å². The molecular weight excluding hydrogens is 287 g/mol. The molecule has 100 valence electrons. The summed E-state index contributed by atoms with van der Waals surface area (Å²) < 4.78 is 6.59. The van der Waals surface area contributed by atoms with Crippen molar-refractivity contribution in [2.75, 3.05) is 7.11 Å². The van der Waals surface area contributed by atoms with Crippen LogP contribution in [0.5, 0.6) is 5.88 Å². The molecule has 0 bridgehead atoms. The number of nitrogens with zero attached hydrogens (tertiary/aromatic N) is 2. The third-order valence-corrected chi connectivity index (χ3v) is 3.42. The summed E-state index contributed by atoms with van der Waals surface area (Å²) in [4.78, 5) is 12.1. The Bertz CT molecular complexity index is 623. The first-order valence-corrected chi connectivity index (χ1v) is 6.32. The first kappa shape index (κ1) is 13.9. The molecule has 2 aromatic rings. The summed E-state index contributed by atoms with van der Waals surface area (Å²) in [6.07, 6.45) is 0.219. The number of rotatable bonds is 4. The van der Waals surface area contributed by atoms with Gasteiger partial charge in [-0.3, -0.25) is 4.79 Å². The Morgan fingerprint density at radius 2 is 2.05 bits per heavy atom. The van der Waals surface area contributed by atoms with E-state index in [1.54, 1.807) is 31.3 Å². The quantitative estimate of drug-likeness (QED) is 0.815. The summed E-state index contributed by atoms with van der Waals surface area (Å²) in [5, 5.41) is 5.01. The molecule has 0 aliphatic rings. The Balaban J connectivity index is 2.18. The van der Waals surface area contributed by atoms with Gasteiger partial charge in [0.15, 0.2) is 5.78 Å². The summed E-state index contributed by atoms with van der Waals surface area (Å²) in [6.45, 7) is 0. The second-order valence-electron chi connectivity index (χ2n) is 4.04. The molecule has 1 aromatic carbocycles. The summed E-state index contributed by atoms with van der Waals surface area (Å²) in [5.41, 5.74) is 1.16. The van der Waals surface area contributed by atoms with Crippen molar-refractivity contribution in [1.29, 1.82) is 0 Å². The van der Waals surface area contributed by atoms with Crippen LogP contribution in [-0.2, 0) is 13.5 Å². The highest BCUT2D eigenvalue weighted by atomic mass is 35.5. The van der Waals surface area contributed by atoms with Crippen LogP contribution in [0.25, 0.3) is 0 Å². The largest absolute Gasteiger partial charge is 0.481 e. The van der Waals surface area contributed by atoms with Crippen LogP contribution in [0, 0.1) is 0 Å². The van der Waals surface area contributed by atoms with Crippen LogP contribution in [0.2, 0.25) is 10.0 Å². The molecule has 1 heterocycles. The fourth-order valence-corrected chi connectivity index (χ4v) is 2.02. The highest BCUT2D eigenvalue weighted by Crippen LogP contribution is 2.23. The molecule has 2 rings (SSSR count). The Labute approximate surface area is 120 Å². The number of ether oxygens (including phenoxy) is 1. The molecule has 0 saturated carbocycles. The molecule has 1 aromatic heterocycles. The minimum Gasteiger partial charge on any atom is -0.481 e. The van der Waals surface area contributed by atoms with Gasteiger partial charge in [-0.15, -0.1) is 0 Å². The first-order chi connectivity index (χ1) is 9.01. The monoisotopic (exact) mass is 298 g/mol. The van der Waals surface area contributed by atoms with Crippen LogP contribution in [-0.4, -0.2) is 22.7 Å². The van der Waals surface area contributed by atoms with Gasteiger partial charge >= 0.3 is 0 Å². The predicted molar refractivity (Wildman–Crippen MR) is 74.3 cm³/mol. The van der Waals surface area contributed by atoms with Crippen LogP contribution < -0.4 is 4.74 Å². The Hall–Kier alpha value is -1.52. The van der Waals surface area contributed by atoms with Crippen LogP contribution in [0.15, 0.2) is 24.3 Å². The molecule has 0 saturated heterocycles. The molecule has 0 atom stereocenters. The molecule has 0 spiro atoms. The molecule has 0 amide bonds. The maximum atomic E-state index is 12.1. The molecule has 0 N–H and O–H groups in total. The van der Waals surface area contributed by atoms with Gasteiger partial charge in [-0.25, -0.2) is 4.68 Å². The number of aromatic nitrogens is 2. The number of carbonyl (C=O) groups is 1. The Kier molecular flexibility index (Phi) is 4.12. The zero-order valence-electron chi connectivity index (χ0n) is 10.5. The first-order valence-electron chi connectivity index (χ1n) is 5.56. The number of halogens is 2. The lowest BCUT2D eigenvalue weighted by molar-refractivity contribution is 0.0987. The number of hydrogen-bond acceptors (Lipinski definition) is 3. The minimum atomic E-state index is -0.0997. The number of methoxy groups -OCH3 is 1. The topological polar surface area (TPSA) is 44.1 Å². The van der Waals surface area contributed by atoms with Gasteiger partial charge in [0.25, 0.3) is 0 Å². The van der Waals surface area contributed by atoms with E-state index in [9.17, 15) is 4.79 Å². The Morgan fingerprint density at radius 3 is 2.63 bits per heavy atom. The lowest BCUT2D eigenvalue weighted by Gasteiger charge is -2.01. The van der Waals surface area contributed by atoms with E-state index in [1.807, 2.05) is 0 Å². The normalized spacial score (nSPS) is 10.5. The molecule has 0 aliphatic heterocycles. The van der Waals surface area contributed by atoms with Crippen LogP contribution in [0.4, 0.5) is 0 Å².